The summed E-state index contributed by atoms with van der Waals surface area (Å²) >= 11 is 0. The number of ether oxygens (including phenoxy) is 1. The molecule has 3 N–H and O–H groups in total. The zero-order valence-corrected chi connectivity index (χ0v) is 10.3. The van der Waals surface area contributed by atoms with Crippen molar-refractivity contribution in [3.05, 3.63) is 23.5 Å². The van der Waals surface area contributed by atoms with Crippen LogP contribution < -0.4 is 5.73 Å². The van der Waals surface area contributed by atoms with Crippen LogP contribution in [0.25, 0.3) is 0 Å². The van der Waals surface area contributed by atoms with Gasteiger partial charge in [-0.2, -0.15) is 0 Å². The lowest BCUT2D eigenvalue weighted by molar-refractivity contribution is -0.120. The van der Waals surface area contributed by atoms with Gasteiger partial charge in [0.1, 0.15) is 0 Å². The fourth-order valence-corrected chi connectivity index (χ4v) is 2.16. The highest BCUT2D eigenvalue weighted by molar-refractivity contribution is 5.96. The number of aryl methyl sites for hydroxylation is 1. The van der Waals surface area contributed by atoms with Gasteiger partial charge in [0.25, 0.3) is 5.91 Å². The van der Waals surface area contributed by atoms with Crippen LogP contribution in [0.4, 0.5) is 0 Å². The second-order valence-electron chi connectivity index (χ2n) is 4.41. The summed E-state index contributed by atoms with van der Waals surface area (Å²) in [7, 11) is 0. The summed E-state index contributed by atoms with van der Waals surface area (Å²) in [6.07, 6.45) is 1.86. The maximum atomic E-state index is 12.4. The molecule has 1 fully saturated rings. The molecule has 1 unspecified atom stereocenters. The van der Waals surface area contributed by atoms with Gasteiger partial charge in [-0.3, -0.25) is 9.59 Å². The highest BCUT2D eigenvalue weighted by Gasteiger charge is 2.30. The third kappa shape index (κ3) is 2.53. The van der Waals surface area contributed by atoms with Crippen molar-refractivity contribution in [2.45, 2.75) is 19.4 Å². The van der Waals surface area contributed by atoms with Crippen LogP contribution in [-0.2, 0) is 9.53 Å². The quantitative estimate of drug-likeness (QED) is 0.795. The second kappa shape index (κ2) is 5.22. The summed E-state index contributed by atoms with van der Waals surface area (Å²) in [6.45, 7) is 3.18. The molecule has 18 heavy (non-hydrogen) atoms. The Morgan fingerprint density at radius 1 is 1.61 bits per heavy atom. The van der Waals surface area contributed by atoms with E-state index in [0.29, 0.717) is 25.3 Å². The zero-order chi connectivity index (χ0) is 13.1. The molecule has 0 spiro atoms. The Kier molecular flexibility index (Phi) is 3.66. The van der Waals surface area contributed by atoms with E-state index in [0.717, 1.165) is 5.69 Å². The van der Waals surface area contributed by atoms with E-state index in [1.807, 2.05) is 6.92 Å². The van der Waals surface area contributed by atoms with E-state index in [1.165, 1.54) is 0 Å². The molecule has 1 aliphatic heterocycles. The van der Waals surface area contributed by atoms with Gasteiger partial charge >= 0.3 is 0 Å². The minimum absolute atomic E-state index is 0.0803. The number of rotatable bonds is 3. The highest BCUT2D eigenvalue weighted by atomic mass is 16.5. The number of carbonyl (C=O) groups is 2. The molecule has 1 atom stereocenters. The van der Waals surface area contributed by atoms with Crippen molar-refractivity contribution in [2.24, 2.45) is 5.73 Å². The summed E-state index contributed by atoms with van der Waals surface area (Å²) in [5, 5.41) is 0. The Bertz CT molecular complexity index is 455. The molecule has 2 rings (SSSR count). The van der Waals surface area contributed by atoms with Gasteiger partial charge in [0, 0.05) is 24.9 Å². The number of amides is 2. The van der Waals surface area contributed by atoms with Crippen molar-refractivity contribution in [1.29, 1.82) is 0 Å². The molecule has 2 amide bonds. The van der Waals surface area contributed by atoms with Crippen LogP contribution in [-0.4, -0.2) is 47.5 Å². The molecule has 1 aliphatic rings. The van der Waals surface area contributed by atoms with E-state index in [1.54, 1.807) is 17.2 Å². The first-order valence-corrected chi connectivity index (χ1v) is 5.90. The Morgan fingerprint density at radius 2 is 2.39 bits per heavy atom. The van der Waals surface area contributed by atoms with E-state index in [9.17, 15) is 9.59 Å². The van der Waals surface area contributed by atoms with Crippen LogP contribution in [0.3, 0.4) is 0 Å². The Hall–Kier alpha value is -1.82. The highest BCUT2D eigenvalue weighted by Crippen LogP contribution is 2.16. The first-order chi connectivity index (χ1) is 8.59. The lowest BCUT2D eigenvalue weighted by Gasteiger charge is -2.35. The van der Waals surface area contributed by atoms with Gasteiger partial charge in [0.05, 0.1) is 24.8 Å². The molecular weight excluding hydrogens is 234 g/mol. The Morgan fingerprint density at radius 3 is 3.00 bits per heavy atom. The number of hydrogen-bond donors (Lipinski definition) is 2. The maximum absolute atomic E-state index is 12.4. The number of aromatic amines is 1. The predicted molar refractivity (Wildman–Crippen MR) is 65.0 cm³/mol. The fraction of sp³-hybridized carbons (Fsp3) is 0.500. The topological polar surface area (TPSA) is 88.4 Å². The summed E-state index contributed by atoms with van der Waals surface area (Å²) in [5.41, 5.74) is 6.65. The number of morpholine rings is 1. The fourth-order valence-electron chi connectivity index (χ4n) is 2.16. The van der Waals surface area contributed by atoms with Gasteiger partial charge in [-0.15, -0.1) is 0 Å². The van der Waals surface area contributed by atoms with Gasteiger partial charge in [0.15, 0.2) is 0 Å². The minimum atomic E-state index is -0.422. The molecule has 0 aliphatic carbocycles. The first-order valence-electron chi connectivity index (χ1n) is 5.90. The van der Waals surface area contributed by atoms with Gasteiger partial charge in [-0.05, 0) is 13.0 Å². The average molecular weight is 251 g/mol. The normalized spacial score (nSPS) is 19.8. The number of H-pyrrole nitrogens is 1. The molecule has 98 valence electrons. The van der Waals surface area contributed by atoms with Crippen LogP contribution in [0.2, 0.25) is 0 Å². The monoisotopic (exact) mass is 251 g/mol. The first kappa shape index (κ1) is 12.6. The van der Waals surface area contributed by atoms with Crippen molar-refractivity contribution in [3.8, 4) is 0 Å². The second-order valence-corrected chi connectivity index (χ2v) is 4.41. The third-order valence-electron chi connectivity index (χ3n) is 3.11. The number of nitrogens with one attached hydrogen (secondary N) is 1. The molecular formula is C12H17N3O3. The lowest BCUT2D eigenvalue weighted by Crippen LogP contribution is -2.50. The number of nitrogens with two attached hydrogens (primary N) is 1. The van der Waals surface area contributed by atoms with E-state index in [4.69, 9.17) is 10.5 Å². The summed E-state index contributed by atoms with van der Waals surface area (Å²) < 4.78 is 5.30. The third-order valence-corrected chi connectivity index (χ3v) is 3.11. The molecule has 0 aromatic carbocycles. The van der Waals surface area contributed by atoms with Crippen molar-refractivity contribution in [1.82, 2.24) is 9.88 Å². The standard InChI is InChI=1S/C12H17N3O3/c1-8-10(2-3-14-8)12(17)15-4-5-18-7-9(15)6-11(13)16/h2-3,9,14H,4-7H2,1H3,(H2,13,16). The van der Waals surface area contributed by atoms with Crippen LogP contribution in [0, 0.1) is 6.92 Å². The smallest absolute Gasteiger partial charge is 0.256 e. The molecule has 2 heterocycles. The van der Waals surface area contributed by atoms with Gasteiger partial charge in [-0.25, -0.2) is 0 Å². The number of aromatic nitrogens is 1. The van der Waals surface area contributed by atoms with Crippen LogP contribution in [0.15, 0.2) is 12.3 Å². The molecule has 1 saturated heterocycles. The maximum Gasteiger partial charge on any atom is 0.256 e. The van der Waals surface area contributed by atoms with Gasteiger partial charge in [-0.1, -0.05) is 0 Å². The number of carbonyl (C=O) groups excluding carboxylic acids is 2. The van der Waals surface area contributed by atoms with E-state index < -0.39 is 5.91 Å². The molecule has 0 saturated carbocycles. The van der Waals surface area contributed by atoms with Crippen molar-refractivity contribution >= 4 is 11.8 Å². The molecule has 0 bridgehead atoms. The van der Waals surface area contributed by atoms with Gasteiger partial charge < -0.3 is 20.4 Å². The molecule has 6 heteroatoms. The average Bonchev–Trinajstić information content (AvgIpc) is 2.74. The van der Waals surface area contributed by atoms with Crippen LogP contribution >= 0.6 is 0 Å². The van der Waals surface area contributed by atoms with Crippen molar-refractivity contribution in [2.75, 3.05) is 19.8 Å². The van der Waals surface area contributed by atoms with Crippen LogP contribution in [0.5, 0.6) is 0 Å². The largest absolute Gasteiger partial charge is 0.377 e. The lowest BCUT2D eigenvalue weighted by atomic mass is 10.1. The van der Waals surface area contributed by atoms with Crippen molar-refractivity contribution < 1.29 is 14.3 Å². The molecule has 1 aromatic heterocycles. The Balaban J connectivity index is 2.16. The minimum Gasteiger partial charge on any atom is -0.377 e. The number of hydrogen-bond acceptors (Lipinski definition) is 3. The SMILES string of the molecule is Cc1[nH]ccc1C(=O)N1CCOCC1CC(N)=O. The van der Waals surface area contributed by atoms with E-state index >= 15 is 0 Å². The van der Waals surface area contributed by atoms with Crippen molar-refractivity contribution in [3.63, 3.8) is 0 Å². The molecule has 6 nitrogen and oxygen atoms in total. The van der Waals surface area contributed by atoms with E-state index in [2.05, 4.69) is 4.98 Å². The summed E-state index contributed by atoms with van der Waals surface area (Å²) in [5.74, 6) is -0.502. The molecule has 1 aromatic rings. The zero-order valence-electron chi connectivity index (χ0n) is 10.3. The Labute approximate surface area is 105 Å². The van der Waals surface area contributed by atoms with Crippen LogP contribution in [0.1, 0.15) is 22.5 Å². The number of primary amides is 1. The summed E-state index contributed by atoms with van der Waals surface area (Å²) in [6, 6.07) is 1.48. The summed E-state index contributed by atoms with van der Waals surface area (Å²) in [4.78, 5) is 28.0. The van der Waals surface area contributed by atoms with Gasteiger partial charge in [0.2, 0.25) is 5.91 Å². The number of nitrogens with zero attached hydrogens (tertiary/aromatic N) is 1. The van der Waals surface area contributed by atoms with E-state index in [-0.39, 0.29) is 18.4 Å². The molecule has 0 radical (unpaired) electrons. The predicted octanol–water partition coefficient (Wildman–Crippen LogP) is 0.0395.